The minimum Gasteiger partial charge on any atom is -0.327 e. The maximum atomic E-state index is 12.6. The quantitative estimate of drug-likeness (QED) is 0.393. The van der Waals surface area contributed by atoms with Gasteiger partial charge in [-0.3, -0.25) is 20.2 Å². The maximum Gasteiger partial charge on any atom is 0.292 e. The summed E-state index contributed by atoms with van der Waals surface area (Å²) in [6, 6.07) is 16.5. The lowest BCUT2D eigenvalue weighted by Gasteiger charge is -2.11. The highest BCUT2D eigenvalue weighted by Crippen LogP contribution is 2.26. The van der Waals surface area contributed by atoms with Crippen molar-refractivity contribution in [3.63, 3.8) is 0 Å². The highest BCUT2D eigenvalue weighted by Gasteiger charge is 2.16. The van der Waals surface area contributed by atoms with Crippen LogP contribution in [0.25, 0.3) is 10.8 Å². The number of carbonyl (C=O) groups excluding carboxylic acids is 1. The average molecular weight is 386 g/mol. The van der Waals surface area contributed by atoms with E-state index in [4.69, 9.17) is 23.8 Å². The van der Waals surface area contributed by atoms with Crippen molar-refractivity contribution < 1.29 is 9.72 Å². The summed E-state index contributed by atoms with van der Waals surface area (Å²) in [4.78, 5) is 23.1. The second-order valence-corrected chi connectivity index (χ2v) is 6.14. The largest absolute Gasteiger partial charge is 0.327 e. The predicted molar refractivity (Wildman–Crippen MR) is 106 cm³/mol. The van der Waals surface area contributed by atoms with Gasteiger partial charge in [0.1, 0.15) is 5.69 Å². The summed E-state index contributed by atoms with van der Waals surface area (Å²) in [5, 5.41) is 18.2. The summed E-state index contributed by atoms with van der Waals surface area (Å²) >= 11 is 11.3. The number of carbonyl (C=O) groups is 1. The van der Waals surface area contributed by atoms with Gasteiger partial charge in [-0.2, -0.15) is 0 Å². The van der Waals surface area contributed by atoms with E-state index in [1.807, 2.05) is 6.07 Å². The number of para-hydroxylation sites is 2. The SMILES string of the molecule is O=C(NC(=S)Nc1ccccc1[N+](=O)[O-])c1cccc2c(Cl)cccc12. The molecule has 26 heavy (non-hydrogen) atoms. The van der Waals surface area contributed by atoms with Crippen molar-refractivity contribution in [1.29, 1.82) is 0 Å². The van der Waals surface area contributed by atoms with Crippen molar-refractivity contribution in [2.75, 3.05) is 5.32 Å². The molecule has 3 aromatic rings. The monoisotopic (exact) mass is 385 g/mol. The first kappa shape index (κ1) is 17.8. The molecule has 1 amide bonds. The van der Waals surface area contributed by atoms with Gasteiger partial charge in [0.25, 0.3) is 11.6 Å². The number of hydrogen-bond donors (Lipinski definition) is 2. The Bertz CT molecular complexity index is 1040. The van der Waals surface area contributed by atoms with Crippen LogP contribution in [0.2, 0.25) is 5.02 Å². The second-order valence-electron chi connectivity index (χ2n) is 5.32. The predicted octanol–water partition coefficient (Wildman–Crippen LogP) is 4.53. The van der Waals surface area contributed by atoms with Gasteiger partial charge in [-0.15, -0.1) is 0 Å². The molecule has 0 saturated heterocycles. The van der Waals surface area contributed by atoms with Gasteiger partial charge >= 0.3 is 0 Å². The second kappa shape index (κ2) is 7.47. The van der Waals surface area contributed by atoms with Crippen LogP contribution in [0, 0.1) is 10.1 Å². The van der Waals surface area contributed by atoms with E-state index in [9.17, 15) is 14.9 Å². The van der Waals surface area contributed by atoms with Gasteiger partial charge in [0.2, 0.25) is 0 Å². The zero-order valence-corrected chi connectivity index (χ0v) is 14.8. The Labute approximate surface area is 158 Å². The summed E-state index contributed by atoms with van der Waals surface area (Å²) in [6.07, 6.45) is 0. The molecule has 0 aliphatic heterocycles. The van der Waals surface area contributed by atoms with E-state index < -0.39 is 10.8 Å². The lowest BCUT2D eigenvalue weighted by Crippen LogP contribution is -2.34. The molecule has 0 unspecified atom stereocenters. The molecule has 2 N–H and O–H groups in total. The van der Waals surface area contributed by atoms with Gasteiger partial charge in [-0.1, -0.05) is 48.0 Å². The molecule has 0 aliphatic rings. The number of fused-ring (bicyclic) bond motifs is 1. The molecule has 130 valence electrons. The van der Waals surface area contributed by atoms with Gasteiger partial charge in [-0.05, 0) is 35.8 Å². The third-order valence-corrected chi connectivity index (χ3v) is 4.22. The van der Waals surface area contributed by atoms with Crippen LogP contribution in [0.3, 0.4) is 0 Å². The molecule has 0 aromatic heterocycles. The molecule has 0 aliphatic carbocycles. The number of nitrogens with one attached hydrogen (secondary N) is 2. The van der Waals surface area contributed by atoms with Crippen LogP contribution in [-0.4, -0.2) is 15.9 Å². The smallest absolute Gasteiger partial charge is 0.292 e. The fourth-order valence-corrected chi connectivity index (χ4v) is 2.97. The Hall–Kier alpha value is -3.03. The number of nitro benzene ring substituents is 1. The normalized spacial score (nSPS) is 10.3. The molecule has 8 heteroatoms. The van der Waals surface area contributed by atoms with E-state index in [1.54, 1.807) is 42.5 Å². The van der Waals surface area contributed by atoms with Crippen LogP contribution in [0.5, 0.6) is 0 Å². The van der Waals surface area contributed by atoms with E-state index in [0.717, 1.165) is 5.39 Å². The first-order valence-electron chi connectivity index (χ1n) is 7.50. The number of halogens is 1. The molecule has 3 rings (SSSR count). The molecule has 6 nitrogen and oxygen atoms in total. The van der Waals surface area contributed by atoms with Gasteiger partial charge in [-0.25, -0.2) is 0 Å². The van der Waals surface area contributed by atoms with Crippen molar-refractivity contribution in [2.24, 2.45) is 0 Å². The fraction of sp³-hybridized carbons (Fsp3) is 0. The minimum atomic E-state index is -0.528. The van der Waals surface area contributed by atoms with Crippen LogP contribution in [-0.2, 0) is 0 Å². The highest BCUT2D eigenvalue weighted by molar-refractivity contribution is 7.80. The minimum absolute atomic E-state index is 0.0386. The lowest BCUT2D eigenvalue weighted by atomic mass is 10.0. The highest BCUT2D eigenvalue weighted by atomic mass is 35.5. The third kappa shape index (κ3) is 3.63. The summed E-state index contributed by atoms with van der Waals surface area (Å²) in [5.41, 5.74) is 0.460. The van der Waals surface area contributed by atoms with E-state index in [2.05, 4.69) is 10.6 Å². The molecule has 0 radical (unpaired) electrons. The van der Waals surface area contributed by atoms with E-state index >= 15 is 0 Å². The summed E-state index contributed by atoms with van der Waals surface area (Å²) < 4.78 is 0. The zero-order valence-electron chi connectivity index (χ0n) is 13.2. The van der Waals surface area contributed by atoms with Crippen molar-refractivity contribution in [3.8, 4) is 0 Å². The zero-order chi connectivity index (χ0) is 18.7. The molecule has 0 spiro atoms. The average Bonchev–Trinajstić information content (AvgIpc) is 2.61. The van der Waals surface area contributed by atoms with Gasteiger partial charge in [0.15, 0.2) is 5.11 Å². The molecule has 0 atom stereocenters. The van der Waals surface area contributed by atoms with E-state index in [0.29, 0.717) is 16.0 Å². The van der Waals surface area contributed by atoms with Gasteiger partial charge in [0, 0.05) is 22.0 Å². The number of nitro groups is 1. The lowest BCUT2D eigenvalue weighted by molar-refractivity contribution is -0.383. The molecule has 0 fully saturated rings. The van der Waals surface area contributed by atoms with Crippen molar-refractivity contribution in [1.82, 2.24) is 5.32 Å². The molecule has 3 aromatic carbocycles. The Kier molecular flexibility index (Phi) is 5.11. The van der Waals surface area contributed by atoms with Crippen LogP contribution in [0.1, 0.15) is 10.4 Å². The first-order valence-corrected chi connectivity index (χ1v) is 8.29. The first-order chi connectivity index (χ1) is 12.5. The van der Waals surface area contributed by atoms with Crippen LogP contribution in [0.15, 0.2) is 60.7 Å². The Morgan fingerprint density at radius 3 is 2.46 bits per heavy atom. The summed E-state index contributed by atoms with van der Waals surface area (Å²) in [5.74, 6) is -0.436. The number of rotatable bonds is 3. The molecule has 0 bridgehead atoms. The standard InChI is InChI=1S/C18H12ClN3O3S/c19-14-8-4-5-11-12(14)6-3-7-13(11)17(23)21-18(26)20-15-9-1-2-10-16(15)22(24)25/h1-10H,(H2,20,21,23,26). The number of nitrogens with zero attached hydrogens (tertiary/aromatic N) is 1. The maximum absolute atomic E-state index is 12.6. The molecular formula is C18H12ClN3O3S. The van der Waals surface area contributed by atoms with Crippen molar-refractivity contribution in [2.45, 2.75) is 0 Å². The Morgan fingerprint density at radius 1 is 1.00 bits per heavy atom. The molecule has 0 heterocycles. The van der Waals surface area contributed by atoms with E-state index in [1.165, 1.54) is 12.1 Å². The number of hydrogen-bond acceptors (Lipinski definition) is 4. The Balaban J connectivity index is 1.82. The third-order valence-electron chi connectivity index (χ3n) is 3.69. The van der Waals surface area contributed by atoms with Crippen molar-refractivity contribution in [3.05, 3.63) is 81.4 Å². The number of amides is 1. The summed E-state index contributed by atoms with van der Waals surface area (Å²) in [7, 11) is 0. The van der Waals surface area contributed by atoms with Crippen LogP contribution >= 0.6 is 23.8 Å². The number of benzene rings is 3. The summed E-state index contributed by atoms with van der Waals surface area (Å²) in [6.45, 7) is 0. The Morgan fingerprint density at radius 2 is 1.69 bits per heavy atom. The van der Waals surface area contributed by atoms with Crippen LogP contribution in [0.4, 0.5) is 11.4 Å². The fourth-order valence-electron chi connectivity index (χ4n) is 2.53. The molecule has 0 saturated carbocycles. The van der Waals surface area contributed by atoms with Crippen LogP contribution < -0.4 is 10.6 Å². The van der Waals surface area contributed by atoms with Crippen molar-refractivity contribution >= 4 is 57.0 Å². The molecular weight excluding hydrogens is 374 g/mol. The topological polar surface area (TPSA) is 84.3 Å². The van der Waals surface area contributed by atoms with E-state index in [-0.39, 0.29) is 16.5 Å². The number of anilines is 1. The van der Waals surface area contributed by atoms with Gasteiger partial charge in [0.05, 0.1) is 4.92 Å². The number of thiocarbonyl (C=S) groups is 1. The van der Waals surface area contributed by atoms with Gasteiger partial charge < -0.3 is 5.32 Å².